The van der Waals surface area contributed by atoms with Crippen molar-refractivity contribution in [3.05, 3.63) is 42.0 Å². The maximum absolute atomic E-state index is 11.1. The molecule has 1 aliphatic rings. The third kappa shape index (κ3) is 1.39. The highest BCUT2D eigenvalue weighted by Crippen LogP contribution is 2.34. The lowest BCUT2D eigenvalue weighted by Gasteiger charge is -2.16. The Morgan fingerprint density at radius 2 is 2.00 bits per heavy atom. The Morgan fingerprint density at radius 3 is 2.93 bits per heavy atom. The second kappa shape index (κ2) is 3.28. The van der Waals surface area contributed by atoms with E-state index in [4.69, 9.17) is 4.74 Å². The number of thioether (sulfide) groups is 1. The fraction of sp³-hybridized carbons (Fsp3) is 0.0833. The van der Waals surface area contributed by atoms with Crippen LogP contribution < -0.4 is 0 Å². The summed E-state index contributed by atoms with van der Waals surface area (Å²) in [7, 11) is 0. The Morgan fingerprint density at radius 1 is 1.13 bits per heavy atom. The summed E-state index contributed by atoms with van der Waals surface area (Å²) in [4.78, 5) is 12.1. The zero-order chi connectivity index (χ0) is 10.3. The van der Waals surface area contributed by atoms with E-state index in [1.54, 1.807) is 0 Å². The highest BCUT2D eigenvalue weighted by molar-refractivity contribution is 8.13. The van der Waals surface area contributed by atoms with Gasteiger partial charge in [0.05, 0.1) is 0 Å². The molecular formula is C12H8O2S. The molecule has 15 heavy (non-hydrogen) atoms. The average molecular weight is 216 g/mol. The van der Waals surface area contributed by atoms with Gasteiger partial charge in [-0.3, -0.25) is 0 Å². The van der Waals surface area contributed by atoms with Crippen molar-refractivity contribution >= 4 is 27.8 Å². The molecule has 0 radical (unpaired) electrons. The average Bonchev–Trinajstić information content (AvgIpc) is 2.28. The molecule has 0 saturated heterocycles. The predicted octanol–water partition coefficient (Wildman–Crippen LogP) is 3.58. The van der Waals surface area contributed by atoms with Crippen molar-refractivity contribution in [2.75, 3.05) is 0 Å². The summed E-state index contributed by atoms with van der Waals surface area (Å²) < 4.78 is 5.04. The van der Waals surface area contributed by atoms with Crippen LogP contribution in [-0.2, 0) is 11.3 Å². The number of fused-ring (bicyclic) bond motifs is 3. The van der Waals surface area contributed by atoms with Crippen LogP contribution in [0.2, 0.25) is 0 Å². The van der Waals surface area contributed by atoms with Gasteiger partial charge in [-0.25, -0.2) is 4.79 Å². The molecule has 0 amide bonds. The Hall–Kier alpha value is -1.48. The first kappa shape index (κ1) is 8.80. The van der Waals surface area contributed by atoms with Crippen LogP contribution in [0.4, 0.5) is 4.79 Å². The number of rotatable bonds is 0. The van der Waals surface area contributed by atoms with Crippen LogP contribution in [0.1, 0.15) is 5.56 Å². The molecule has 3 heteroatoms. The molecule has 3 rings (SSSR count). The summed E-state index contributed by atoms with van der Waals surface area (Å²) in [6.07, 6.45) is 0. The van der Waals surface area contributed by atoms with Gasteiger partial charge in [-0.05, 0) is 28.6 Å². The van der Waals surface area contributed by atoms with Crippen molar-refractivity contribution in [2.45, 2.75) is 11.5 Å². The van der Waals surface area contributed by atoms with Gasteiger partial charge in [-0.2, -0.15) is 0 Å². The Bertz CT molecular complexity index is 548. The normalized spacial score (nSPS) is 14.8. The van der Waals surface area contributed by atoms with E-state index in [9.17, 15) is 4.79 Å². The van der Waals surface area contributed by atoms with E-state index in [1.165, 1.54) is 22.5 Å². The summed E-state index contributed by atoms with van der Waals surface area (Å²) in [5.74, 6) is 0. The number of benzene rings is 2. The number of hydrogen-bond donors (Lipinski definition) is 0. The van der Waals surface area contributed by atoms with E-state index >= 15 is 0 Å². The summed E-state index contributed by atoms with van der Waals surface area (Å²) >= 11 is 1.17. The molecule has 2 aromatic rings. The summed E-state index contributed by atoms with van der Waals surface area (Å²) in [5.41, 5.74) is 1.12. The first-order valence-electron chi connectivity index (χ1n) is 4.70. The van der Waals surface area contributed by atoms with E-state index in [1.807, 2.05) is 24.3 Å². The van der Waals surface area contributed by atoms with Gasteiger partial charge in [0.25, 0.3) is 0 Å². The standard InChI is InChI=1S/C12H8O2S/c13-12-14-7-10-9-4-2-1-3-8(9)5-6-11(10)15-12/h1-6H,7H2. The third-order valence-electron chi connectivity index (χ3n) is 2.53. The van der Waals surface area contributed by atoms with Gasteiger partial charge < -0.3 is 4.74 Å². The lowest BCUT2D eigenvalue weighted by molar-refractivity contribution is 0.166. The first-order valence-corrected chi connectivity index (χ1v) is 5.51. The van der Waals surface area contributed by atoms with Gasteiger partial charge in [0.2, 0.25) is 0 Å². The highest BCUT2D eigenvalue weighted by atomic mass is 32.2. The maximum Gasteiger partial charge on any atom is 0.372 e. The SMILES string of the molecule is O=C1OCc2c(ccc3ccccc23)S1. The van der Waals surface area contributed by atoms with Crippen LogP contribution in [0, 0.1) is 0 Å². The molecular weight excluding hydrogens is 208 g/mol. The van der Waals surface area contributed by atoms with Crippen molar-refractivity contribution in [2.24, 2.45) is 0 Å². The maximum atomic E-state index is 11.1. The zero-order valence-corrected chi connectivity index (χ0v) is 8.71. The van der Waals surface area contributed by atoms with Gasteiger partial charge in [-0.15, -0.1) is 0 Å². The molecule has 1 heterocycles. The minimum Gasteiger partial charge on any atom is -0.452 e. The van der Waals surface area contributed by atoms with Crippen LogP contribution in [0.3, 0.4) is 0 Å². The van der Waals surface area contributed by atoms with Crippen LogP contribution in [0.5, 0.6) is 0 Å². The molecule has 0 N–H and O–H groups in total. The fourth-order valence-corrected chi connectivity index (χ4v) is 2.54. The van der Waals surface area contributed by atoms with E-state index < -0.39 is 0 Å². The minimum atomic E-state index is -0.210. The molecule has 0 saturated carbocycles. The van der Waals surface area contributed by atoms with Crippen molar-refractivity contribution in [3.8, 4) is 0 Å². The largest absolute Gasteiger partial charge is 0.452 e. The van der Waals surface area contributed by atoms with Crippen LogP contribution in [-0.4, -0.2) is 5.30 Å². The number of hydrogen-bond acceptors (Lipinski definition) is 3. The summed E-state index contributed by atoms with van der Waals surface area (Å²) in [6, 6.07) is 12.2. The number of cyclic esters (lactones) is 1. The molecule has 0 aliphatic carbocycles. The fourth-order valence-electron chi connectivity index (χ4n) is 1.81. The lowest BCUT2D eigenvalue weighted by atomic mass is 10.1. The second-order valence-electron chi connectivity index (χ2n) is 3.40. The lowest BCUT2D eigenvalue weighted by Crippen LogP contribution is -2.06. The van der Waals surface area contributed by atoms with Crippen LogP contribution >= 0.6 is 11.8 Å². The number of carbonyl (C=O) groups is 1. The van der Waals surface area contributed by atoms with E-state index in [-0.39, 0.29) is 5.30 Å². The molecule has 0 fully saturated rings. The highest BCUT2D eigenvalue weighted by Gasteiger charge is 2.19. The summed E-state index contributed by atoms with van der Waals surface area (Å²) in [5, 5.41) is 2.16. The van der Waals surface area contributed by atoms with Crippen LogP contribution in [0.25, 0.3) is 10.8 Å². The Labute approximate surface area is 91.2 Å². The monoisotopic (exact) mass is 216 g/mol. The molecule has 2 nitrogen and oxygen atoms in total. The predicted molar refractivity (Wildman–Crippen MR) is 60.0 cm³/mol. The van der Waals surface area contributed by atoms with Gasteiger partial charge in [0.1, 0.15) is 6.61 Å². The molecule has 2 aromatic carbocycles. The minimum absolute atomic E-state index is 0.210. The van der Waals surface area contributed by atoms with Crippen molar-refractivity contribution in [1.82, 2.24) is 0 Å². The van der Waals surface area contributed by atoms with Gasteiger partial charge in [-0.1, -0.05) is 30.3 Å². The smallest absolute Gasteiger partial charge is 0.372 e. The molecule has 0 atom stereocenters. The second-order valence-corrected chi connectivity index (χ2v) is 4.38. The number of ether oxygens (including phenoxy) is 1. The molecule has 0 spiro atoms. The van der Waals surface area contributed by atoms with Gasteiger partial charge in [0.15, 0.2) is 0 Å². The van der Waals surface area contributed by atoms with Crippen molar-refractivity contribution in [1.29, 1.82) is 0 Å². The van der Waals surface area contributed by atoms with Crippen molar-refractivity contribution in [3.63, 3.8) is 0 Å². The third-order valence-corrected chi connectivity index (χ3v) is 3.41. The molecule has 0 bridgehead atoms. The summed E-state index contributed by atoms with van der Waals surface area (Å²) in [6.45, 7) is 0.391. The first-order chi connectivity index (χ1) is 7.34. The molecule has 74 valence electrons. The molecule has 0 aromatic heterocycles. The van der Waals surface area contributed by atoms with Crippen LogP contribution in [0.15, 0.2) is 41.3 Å². The van der Waals surface area contributed by atoms with Gasteiger partial charge in [0, 0.05) is 10.5 Å². The van der Waals surface area contributed by atoms with Gasteiger partial charge >= 0.3 is 5.30 Å². The van der Waals surface area contributed by atoms with E-state index in [0.717, 1.165) is 10.5 Å². The van der Waals surface area contributed by atoms with E-state index in [2.05, 4.69) is 12.1 Å². The Kier molecular flexibility index (Phi) is 1.92. The topological polar surface area (TPSA) is 26.3 Å². The quantitative estimate of drug-likeness (QED) is 0.629. The Balaban J connectivity index is 2.30. The number of carbonyl (C=O) groups excluding carboxylic acids is 1. The zero-order valence-electron chi connectivity index (χ0n) is 7.90. The van der Waals surface area contributed by atoms with Crippen molar-refractivity contribution < 1.29 is 9.53 Å². The molecule has 0 unspecified atom stereocenters. The van der Waals surface area contributed by atoms with E-state index in [0.29, 0.717) is 6.61 Å². The molecule has 1 aliphatic heterocycles.